The molecule has 2 bridgehead atoms. The van der Waals surface area contributed by atoms with Crippen LogP contribution in [-0.2, 0) is 10.2 Å². The number of rotatable bonds is 2. The fourth-order valence-corrected chi connectivity index (χ4v) is 5.47. The van der Waals surface area contributed by atoms with E-state index in [1.165, 1.54) is 6.42 Å². The Morgan fingerprint density at radius 2 is 1.68 bits per heavy atom. The fraction of sp³-hybridized carbons (Fsp3) is 1.00. The molecule has 0 radical (unpaired) electrons. The van der Waals surface area contributed by atoms with Crippen molar-refractivity contribution in [2.24, 2.45) is 5.92 Å². The average Bonchev–Trinajstić information content (AvgIpc) is 2.68. The van der Waals surface area contributed by atoms with Gasteiger partial charge in [-0.15, -0.1) is 0 Å². The first-order chi connectivity index (χ1) is 9.05. The zero-order valence-electron chi connectivity index (χ0n) is 11.7. The van der Waals surface area contributed by atoms with E-state index in [4.69, 9.17) is 0 Å². The summed E-state index contributed by atoms with van der Waals surface area (Å²) < 4.78 is 28.9. The van der Waals surface area contributed by atoms with Crippen LogP contribution in [0.15, 0.2) is 0 Å². The SMILES string of the molecule is CC1CCCN(S(=O)(=O)N2CCC3CCC(C2)N3)C1. The van der Waals surface area contributed by atoms with Crippen molar-refractivity contribution in [3.63, 3.8) is 0 Å². The summed E-state index contributed by atoms with van der Waals surface area (Å²) in [4.78, 5) is 0. The van der Waals surface area contributed by atoms with Crippen LogP contribution in [0.25, 0.3) is 0 Å². The van der Waals surface area contributed by atoms with E-state index in [1.54, 1.807) is 8.61 Å². The van der Waals surface area contributed by atoms with Gasteiger partial charge in [0.05, 0.1) is 0 Å². The molecule has 0 aliphatic carbocycles. The molecule has 0 aromatic carbocycles. The largest absolute Gasteiger partial charge is 0.310 e. The zero-order chi connectivity index (χ0) is 13.5. The van der Waals surface area contributed by atoms with Crippen LogP contribution in [0.2, 0.25) is 0 Å². The predicted molar refractivity (Wildman–Crippen MR) is 75.0 cm³/mol. The monoisotopic (exact) mass is 287 g/mol. The van der Waals surface area contributed by atoms with Gasteiger partial charge in [0.25, 0.3) is 10.2 Å². The van der Waals surface area contributed by atoms with Crippen molar-refractivity contribution >= 4 is 10.2 Å². The first-order valence-corrected chi connectivity index (χ1v) is 8.96. The molecule has 0 amide bonds. The normalized spacial score (nSPS) is 38.3. The minimum Gasteiger partial charge on any atom is -0.310 e. The summed E-state index contributed by atoms with van der Waals surface area (Å²) in [5, 5.41) is 3.54. The van der Waals surface area contributed by atoms with Crippen LogP contribution in [0, 0.1) is 5.92 Å². The quantitative estimate of drug-likeness (QED) is 0.817. The lowest BCUT2D eigenvalue weighted by Crippen LogP contribution is -2.49. The molecule has 3 rings (SSSR count). The number of nitrogens with one attached hydrogen (secondary N) is 1. The van der Waals surface area contributed by atoms with E-state index >= 15 is 0 Å². The van der Waals surface area contributed by atoms with Crippen LogP contribution in [0.4, 0.5) is 0 Å². The van der Waals surface area contributed by atoms with Crippen LogP contribution >= 0.6 is 0 Å². The molecule has 3 aliphatic heterocycles. The van der Waals surface area contributed by atoms with Crippen molar-refractivity contribution in [1.29, 1.82) is 0 Å². The van der Waals surface area contributed by atoms with E-state index in [0.29, 0.717) is 44.2 Å². The third-order valence-corrected chi connectivity index (χ3v) is 6.73. The number of fused-ring (bicyclic) bond motifs is 2. The van der Waals surface area contributed by atoms with E-state index in [0.717, 1.165) is 25.7 Å². The summed E-state index contributed by atoms with van der Waals surface area (Å²) in [5.74, 6) is 0.491. The van der Waals surface area contributed by atoms with E-state index in [9.17, 15) is 8.42 Å². The minimum absolute atomic E-state index is 0.365. The first-order valence-electron chi connectivity index (χ1n) is 7.57. The molecule has 110 valence electrons. The second-order valence-electron chi connectivity index (χ2n) is 6.40. The summed E-state index contributed by atoms with van der Waals surface area (Å²) in [5.41, 5.74) is 0. The van der Waals surface area contributed by atoms with Gasteiger partial charge in [0.2, 0.25) is 0 Å². The van der Waals surface area contributed by atoms with Crippen molar-refractivity contribution in [2.75, 3.05) is 26.2 Å². The highest BCUT2D eigenvalue weighted by Gasteiger charge is 2.37. The molecule has 3 fully saturated rings. The Kier molecular flexibility index (Phi) is 3.86. The lowest BCUT2D eigenvalue weighted by atomic mass is 10.0. The van der Waals surface area contributed by atoms with Crippen LogP contribution in [0.3, 0.4) is 0 Å². The Hall–Kier alpha value is -0.170. The lowest BCUT2D eigenvalue weighted by molar-refractivity contribution is 0.254. The number of hydrogen-bond acceptors (Lipinski definition) is 3. The summed E-state index contributed by atoms with van der Waals surface area (Å²) in [6.07, 6.45) is 5.43. The van der Waals surface area contributed by atoms with Crippen LogP contribution in [0.5, 0.6) is 0 Å². The molecular weight excluding hydrogens is 262 g/mol. The summed E-state index contributed by atoms with van der Waals surface area (Å²) in [6, 6.07) is 0.898. The minimum atomic E-state index is -3.24. The van der Waals surface area contributed by atoms with Crippen molar-refractivity contribution in [1.82, 2.24) is 13.9 Å². The molecule has 1 N–H and O–H groups in total. The second-order valence-corrected chi connectivity index (χ2v) is 8.33. The Bertz CT molecular complexity index is 426. The first kappa shape index (κ1) is 13.8. The standard InChI is InChI=1S/C13H25N3O2S/c1-11-3-2-7-15(9-11)19(17,18)16-8-6-12-4-5-13(10-16)14-12/h11-14H,2-10H2,1H3. The highest BCUT2D eigenvalue weighted by Crippen LogP contribution is 2.25. The van der Waals surface area contributed by atoms with Gasteiger partial charge in [-0.3, -0.25) is 0 Å². The lowest BCUT2D eigenvalue weighted by Gasteiger charge is -2.35. The van der Waals surface area contributed by atoms with Crippen molar-refractivity contribution in [3.8, 4) is 0 Å². The molecule has 0 spiro atoms. The maximum atomic E-state index is 12.7. The molecule has 6 heteroatoms. The van der Waals surface area contributed by atoms with Gasteiger partial charge in [-0.05, 0) is 38.0 Å². The molecule has 3 unspecified atom stereocenters. The van der Waals surface area contributed by atoms with E-state index in [1.807, 2.05) is 0 Å². The van der Waals surface area contributed by atoms with Crippen LogP contribution < -0.4 is 5.32 Å². The van der Waals surface area contributed by atoms with Crippen LogP contribution in [-0.4, -0.2) is 55.3 Å². The average molecular weight is 287 g/mol. The van der Waals surface area contributed by atoms with Gasteiger partial charge in [0.15, 0.2) is 0 Å². The summed E-state index contributed by atoms with van der Waals surface area (Å²) in [6.45, 7) is 4.88. The molecule has 0 saturated carbocycles. The molecule has 3 saturated heterocycles. The number of nitrogens with zero attached hydrogens (tertiary/aromatic N) is 2. The van der Waals surface area contributed by atoms with Gasteiger partial charge in [-0.25, -0.2) is 0 Å². The summed E-state index contributed by atoms with van der Waals surface area (Å²) >= 11 is 0. The molecule has 3 heterocycles. The van der Waals surface area contributed by atoms with Gasteiger partial charge in [-0.2, -0.15) is 17.0 Å². The number of hydrogen-bond donors (Lipinski definition) is 1. The summed E-state index contributed by atoms with van der Waals surface area (Å²) in [7, 11) is -3.24. The van der Waals surface area contributed by atoms with E-state index < -0.39 is 10.2 Å². The van der Waals surface area contributed by atoms with Crippen molar-refractivity contribution < 1.29 is 8.42 Å². The second kappa shape index (κ2) is 5.31. The van der Waals surface area contributed by atoms with Gasteiger partial charge in [0.1, 0.15) is 0 Å². The molecule has 19 heavy (non-hydrogen) atoms. The van der Waals surface area contributed by atoms with E-state index in [-0.39, 0.29) is 0 Å². The van der Waals surface area contributed by atoms with Gasteiger partial charge in [0, 0.05) is 38.3 Å². The number of piperidine rings is 1. The fourth-order valence-electron chi connectivity index (χ4n) is 3.64. The smallest absolute Gasteiger partial charge is 0.282 e. The topological polar surface area (TPSA) is 52.7 Å². The Balaban J connectivity index is 1.72. The van der Waals surface area contributed by atoms with Crippen LogP contribution in [0.1, 0.15) is 39.0 Å². The molecule has 5 nitrogen and oxygen atoms in total. The van der Waals surface area contributed by atoms with E-state index in [2.05, 4.69) is 12.2 Å². The van der Waals surface area contributed by atoms with Gasteiger partial charge in [-0.1, -0.05) is 6.92 Å². The third-order valence-electron chi connectivity index (χ3n) is 4.76. The van der Waals surface area contributed by atoms with Crippen molar-refractivity contribution in [3.05, 3.63) is 0 Å². The molecule has 3 atom stereocenters. The van der Waals surface area contributed by atoms with Gasteiger partial charge >= 0.3 is 0 Å². The Morgan fingerprint density at radius 1 is 0.947 bits per heavy atom. The molecule has 3 aliphatic rings. The van der Waals surface area contributed by atoms with Gasteiger partial charge < -0.3 is 5.32 Å². The highest BCUT2D eigenvalue weighted by atomic mass is 32.2. The molecule has 0 aromatic heterocycles. The highest BCUT2D eigenvalue weighted by molar-refractivity contribution is 7.86. The Labute approximate surface area is 116 Å². The maximum Gasteiger partial charge on any atom is 0.282 e. The maximum absolute atomic E-state index is 12.7. The molecule has 0 aromatic rings. The Morgan fingerprint density at radius 3 is 2.47 bits per heavy atom. The third kappa shape index (κ3) is 2.82. The van der Waals surface area contributed by atoms with Crippen molar-refractivity contribution in [2.45, 2.75) is 51.1 Å². The molecular formula is C13H25N3O2S. The zero-order valence-corrected chi connectivity index (χ0v) is 12.5. The predicted octanol–water partition coefficient (Wildman–Crippen LogP) is 0.789.